The van der Waals surface area contributed by atoms with E-state index in [1.807, 2.05) is 18.2 Å². The van der Waals surface area contributed by atoms with Gasteiger partial charge in [-0.15, -0.1) is 0 Å². The molecular formula is C51H35N5O. The number of para-hydroxylation sites is 2. The summed E-state index contributed by atoms with van der Waals surface area (Å²) >= 11 is 0. The van der Waals surface area contributed by atoms with E-state index in [9.17, 15) is 0 Å². The Morgan fingerprint density at radius 3 is 2.09 bits per heavy atom. The largest absolute Gasteiger partial charge is 0.485 e. The number of anilines is 1. The lowest BCUT2D eigenvalue weighted by atomic mass is 9.79. The highest BCUT2D eigenvalue weighted by atomic mass is 16.5. The molecule has 3 atom stereocenters. The van der Waals surface area contributed by atoms with E-state index in [2.05, 4.69) is 173 Å². The van der Waals surface area contributed by atoms with Gasteiger partial charge in [-0.25, -0.2) is 4.98 Å². The Hall–Kier alpha value is -7.31. The third kappa shape index (κ3) is 4.93. The van der Waals surface area contributed by atoms with Crippen molar-refractivity contribution in [2.75, 3.05) is 4.90 Å². The average molecular weight is 734 g/mol. The number of hydrogen-bond donors (Lipinski definition) is 0. The molecule has 3 unspecified atom stereocenters. The third-order valence-electron chi connectivity index (χ3n) is 11.9. The lowest BCUT2D eigenvalue weighted by molar-refractivity contribution is 0.244. The van der Waals surface area contributed by atoms with Crippen molar-refractivity contribution < 1.29 is 4.74 Å². The van der Waals surface area contributed by atoms with Crippen molar-refractivity contribution in [2.24, 2.45) is 5.92 Å². The molecule has 4 heterocycles. The van der Waals surface area contributed by atoms with Gasteiger partial charge in [-0.2, -0.15) is 9.97 Å². The number of rotatable bonds is 5. The summed E-state index contributed by atoms with van der Waals surface area (Å²) in [6.45, 7) is 0. The maximum absolute atomic E-state index is 7.08. The maximum atomic E-state index is 7.08. The molecule has 0 amide bonds. The molecule has 0 fully saturated rings. The number of allylic oxidation sites excluding steroid dienone is 5. The second-order valence-corrected chi connectivity index (χ2v) is 15.1. The summed E-state index contributed by atoms with van der Waals surface area (Å²) in [5, 5.41) is 2.32. The number of fused-ring (bicyclic) bond motifs is 9. The fourth-order valence-corrected chi connectivity index (χ4v) is 9.48. The van der Waals surface area contributed by atoms with Crippen molar-refractivity contribution in [1.29, 1.82) is 0 Å². The number of ether oxygens (including phenoxy) is 1. The molecule has 0 N–H and O–H groups in total. The number of hydrogen-bond acceptors (Lipinski definition) is 5. The minimum atomic E-state index is -0.157. The van der Waals surface area contributed by atoms with Crippen LogP contribution in [0.3, 0.4) is 0 Å². The second-order valence-electron chi connectivity index (χ2n) is 15.1. The van der Waals surface area contributed by atoms with Crippen LogP contribution < -0.4 is 9.64 Å². The summed E-state index contributed by atoms with van der Waals surface area (Å²) in [5.41, 5.74) is 12.5. The summed E-state index contributed by atoms with van der Waals surface area (Å²) < 4.78 is 9.26. The minimum Gasteiger partial charge on any atom is -0.485 e. The minimum absolute atomic E-state index is 0.00802. The molecule has 0 saturated carbocycles. The van der Waals surface area contributed by atoms with Gasteiger partial charge in [-0.3, -0.25) is 4.57 Å². The van der Waals surface area contributed by atoms with Gasteiger partial charge < -0.3 is 9.64 Å². The highest BCUT2D eigenvalue weighted by Crippen LogP contribution is 2.56. The summed E-state index contributed by atoms with van der Waals surface area (Å²) in [6.07, 6.45) is 12.2. The predicted octanol–water partition coefficient (Wildman–Crippen LogP) is 11.6. The van der Waals surface area contributed by atoms with Gasteiger partial charge in [-0.05, 0) is 60.0 Å². The Morgan fingerprint density at radius 1 is 0.614 bits per heavy atom. The van der Waals surface area contributed by atoms with Crippen molar-refractivity contribution in [1.82, 2.24) is 19.5 Å². The molecule has 0 saturated heterocycles. The van der Waals surface area contributed by atoms with E-state index in [0.717, 1.165) is 56.4 Å². The smallest absolute Gasteiger partial charge is 0.238 e. The Kier molecular flexibility index (Phi) is 7.08. The first kappa shape index (κ1) is 32.0. The fraction of sp³-hybridized carbons (Fsp3) is 0.0784. The summed E-state index contributed by atoms with van der Waals surface area (Å²) in [7, 11) is 0. The molecule has 4 aliphatic rings. The van der Waals surface area contributed by atoms with Crippen LogP contribution in [0.15, 0.2) is 199 Å². The molecule has 2 aromatic heterocycles. The molecule has 6 aromatic carbocycles. The normalized spacial score (nSPS) is 19.0. The Balaban J connectivity index is 0.999. The summed E-state index contributed by atoms with van der Waals surface area (Å²) in [4.78, 5) is 18.2. The molecule has 0 bridgehead atoms. The molecule has 6 heteroatoms. The topological polar surface area (TPSA) is 56.1 Å². The van der Waals surface area contributed by atoms with E-state index in [1.54, 1.807) is 0 Å². The van der Waals surface area contributed by atoms with E-state index in [1.165, 1.54) is 28.1 Å². The molecule has 57 heavy (non-hydrogen) atoms. The lowest BCUT2D eigenvalue weighted by Crippen LogP contribution is -2.27. The molecule has 2 aliphatic carbocycles. The number of aromatic nitrogens is 4. The van der Waals surface area contributed by atoms with Gasteiger partial charge in [-0.1, -0.05) is 140 Å². The Labute approximate surface area is 330 Å². The average Bonchev–Trinajstić information content (AvgIpc) is 3.95. The van der Waals surface area contributed by atoms with Gasteiger partial charge in [0, 0.05) is 62.0 Å². The van der Waals surface area contributed by atoms with Crippen molar-refractivity contribution in [3.63, 3.8) is 0 Å². The maximum Gasteiger partial charge on any atom is 0.238 e. The van der Waals surface area contributed by atoms with Crippen LogP contribution in [-0.2, 0) is 0 Å². The predicted molar refractivity (Wildman–Crippen MR) is 228 cm³/mol. The van der Waals surface area contributed by atoms with Crippen molar-refractivity contribution in [3.8, 4) is 45.6 Å². The third-order valence-corrected chi connectivity index (χ3v) is 11.9. The van der Waals surface area contributed by atoms with Crippen LogP contribution in [0, 0.1) is 5.92 Å². The van der Waals surface area contributed by atoms with Crippen LogP contribution in [0.2, 0.25) is 0 Å². The number of nitrogens with zero attached hydrogens (tertiary/aromatic N) is 5. The van der Waals surface area contributed by atoms with Gasteiger partial charge in [0.2, 0.25) is 5.95 Å². The summed E-state index contributed by atoms with van der Waals surface area (Å²) in [5.74, 6) is 2.92. The molecule has 12 rings (SSSR count). The van der Waals surface area contributed by atoms with Gasteiger partial charge in [0.15, 0.2) is 11.6 Å². The molecule has 0 spiro atoms. The second kappa shape index (κ2) is 12.6. The molecular weight excluding hydrogens is 699 g/mol. The standard InChI is InChI=1S/C51H35N5O/c1-3-15-32(16-4-1)34-19-13-20-35(31-34)55-43-27-12-9-23-38(43)47-44(55)30-29-39-46-40(24-14-28-45(46)57-48(39)47)50-52-49(33-17-5-2-6-18-33)53-51(54-50)56-41-25-10-7-21-36(41)37-22-8-11-26-42(37)56/h1-22,24-31,38-39,48H,23H2. The van der Waals surface area contributed by atoms with E-state index in [0.29, 0.717) is 17.6 Å². The first-order chi connectivity index (χ1) is 28.3. The summed E-state index contributed by atoms with van der Waals surface area (Å²) in [6, 6.07) is 53.0. The zero-order valence-corrected chi connectivity index (χ0v) is 30.9. The molecule has 0 radical (unpaired) electrons. The zero-order valence-electron chi connectivity index (χ0n) is 30.9. The first-order valence-electron chi connectivity index (χ1n) is 19.6. The number of benzene rings is 6. The van der Waals surface area contributed by atoms with E-state index >= 15 is 0 Å². The SMILES string of the molecule is C1=CCC2C(=C1)N(c1cccc(-c3ccccc3)c1)C1=C2C2Oc3cccc(-c4nc(-c5ccccc5)nc(-n5c6ccccc6c6ccccc65)n4)c3C2C=C1. The van der Waals surface area contributed by atoms with E-state index < -0.39 is 0 Å². The van der Waals surface area contributed by atoms with Crippen LogP contribution in [0.5, 0.6) is 5.75 Å². The van der Waals surface area contributed by atoms with E-state index in [-0.39, 0.29) is 17.9 Å². The zero-order chi connectivity index (χ0) is 37.5. The van der Waals surface area contributed by atoms with Crippen molar-refractivity contribution >= 4 is 27.5 Å². The van der Waals surface area contributed by atoms with Gasteiger partial charge in [0.1, 0.15) is 11.9 Å². The van der Waals surface area contributed by atoms with Crippen LogP contribution in [0.25, 0.3) is 61.7 Å². The van der Waals surface area contributed by atoms with E-state index in [4.69, 9.17) is 19.7 Å². The fourth-order valence-electron chi connectivity index (χ4n) is 9.48. The highest BCUT2D eigenvalue weighted by molar-refractivity contribution is 6.09. The molecule has 6 nitrogen and oxygen atoms in total. The Morgan fingerprint density at radius 2 is 1.30 bits per heavy atom. The quantitative estimate of drug-likeness (QED) is 0.176. The Bertz CT molecular complexity index is 2990. The monoisotopic (exact) mass is 733 g/mol. The van der Waals surface area contributed by atoms with Gasteiger partial charge in [0.25, 0.3) is 0 Å². The highest BCUT2D eigenvalue weighted by Gasteiger charge is 2.48. The first-order valence-corrected chi connectivity index (χ1v) is 19.6. The van der Waals surface area contributed by atoms with Crippen LogP contribution in [0.1, 0.15) is 17.9 Å². The van der Waals surface area contributed by atoms with Crippen LogP contribution in [0.4, 0.5) is 5.69 Å². The van der Waals surface area contributed by atoms with Crippen LogP contribution in [-0.4, -0.2) is 25.6 Å². The van der Waals surface area contributed by atoms with Crippen molar-refractivity contribution in [2.45, 2.75) is 18.4 Å². The molecule has 270 valence electrons. The van der Waals surface area contributed by atoms with Crippen molar-refractivity contribution in [3.05, 3.63) is 205 Å². The molecule has 8 aromatic rings. The van der Waals surface area contributed by atoms with Gasteiger partial charge >= 0.3 is 0 Å². The molecule has 2 aliphatic heterocycles. The van der Waals surface area contributed by atoms with Gasteiger partial charge in [0.05, 0.1) is 11.0 Å². The lowest BCUT2D eigenvalue weighted by Gasteiger charge is -2.27. The van der Waals surface area contributed by atoms with Crippen LogP contribution >= 0.6 is 0 Å².